The Kier molecular flexibility index (Phi) is 4.96. The summed E-state index contributed by atoms with van der Waals surface area (Å²) in [6.07, 6.45) is 7.15. The van der Waals surface area contributed by atoms with Crippen LogP contribution in [-0.4, -0.2) is 41.4 Å². The van der Waals surface area contributed by atoms with Gasteiger partial charge in [-0.2, -0.15) is 11.3 Å². The predicted octanol–water partition coefficient (Wildman–Crippen LogP) is 3.68. The number of carbonyl (C=O) groups is 1. The Morgan fingerprint density at radius 1 is 1.29 bits per heavy atom. The summed E-state index contributed by atoms with van der Waals surface area (Å²) in [5, 5.41) is 4.38. The minimum absolute atomic E-state index is 0.351. The van der Waals surface area contributed by atoms with Crippen molar-refractivity contribution in [2.75, 3.05) is 19.6 Å². The second-order valence-electron chi connectivity index (χ2n) is 6.33. The average molecular weight is 306 g/mol. The SMILES string of the molecule is CC[C@@H]1CCCCN1C(=O)CN1CCC[C@H]1c1ccsc1. The van der Waals surface area contributed by atoms with E-state index in [4.69, 9.17) is 0 Å². The minimum Gasteiger partial charge on any atom is -0.339 e. The molecule has 4 heteroatoms. The number of hydrogen-bond acceptors (Lipinski definition) is 3. The van der Waals surface area contributed by atoms with E-state index in [-0.39, 0.29) is 0 Å². The topological polar surface area (TPSA) is 23.6 Å². The van der Waals surface area contributed by atoms with E-state index in [9.17, 15) is 4.79 Å². The molecule has 2 aliphatic rings. The number of rotatable bonds is 4. The zero-order chi connectivity index (χ0) is 14.7. The third-order valence-electron chi connectivity index (χ3n) is 5.05. The summed E-state index contributed by atoms with van der Waals surface area (Å²) in [6.45, 7) is 4.85. The van der Waals surface area contributed by atoms with E-state index >= 15 is 0 Å². The first kappa shape index (κ1) is 15.0. The van der Waals surface area contributed by atoms with Gasteiger partial charge in [-0.3, -0.25) is 9.69 Å². The molecule has 0 aliphatic carbocycles. The molecule has 0 saturated carbocycles. The molecule has 2 atom stereocenters. The number of carbonyl (C=O) groups excluding carboxylic acids is 1. The van der Waals surface area contributed by atoms with Gasteiger partial charge in [0, 0.05) is 18.6 Å². The smallest absolute Gasteiger partial charge is 0.237 e. The molecule has 1 aromatic heterocycles. The standard InChI is InChI=1S/C17H26N2OS/c1-2-15-6-3-4-10-19(15)17(20)12-18-9-5-7-16(18)14-8-11-21-13-14/h8,11,13,15-16H,2-7,9-10,12H2,1H3/t15-,16+/m1/s1. The third-order valence-corrected chi connectivity index (χ3v) is 5.75. The summed E-state index contributed by atoms with van der Waals surface area (Å²) in [6, 6.07) is 3.16. The first-order valence-corrected chi connectivity index (χ1v) is 9.29. The maximum absolute atomic E-state index is 12.7. The average Bonchev–Trinajstić information content (AvgIpc) is 3.17. The van der Waals surface area contributed by atoms with Crippen molar-refractivity contribution in [3.05, 3.63) is 22.4 Å². The molecule has 0 bridgehead atoms. The summed E-state index contributed by atoms with van der Waals surface area (Å²) in [7, 11) is 0. The third kappa shape index (κ3) is 3.32. The van der Waals surface area contributed by atoms with Crippen molar-refractivity contribution < 1.29 is 4.79 Å². The Hall–Kier alpha value is -0.870. The van der Waals surface area contributed by atoms with E-state index in [0.717, 1.165) is 19.5 Å². The van der Waals surface area contributed by atoms with Gasteiger partial charge in [0.25, 0.3) is 0 Å². The van der Waals surface area contributed by atoms with Crippen LogP contribution in [0, 0.1) is 0 Å². The fraction of sp³-hybridized carbons (Fsp3) is 0.706. The number of piperidine rings is 1. The molecule has 116 valence electrons. The molecule has 0 N–H and O–H groups in total. The zero-order valence-corrected chi connectivity index (χ0v) is 13.8. The lowest BCUT2D eigenvalue weighted by Crippen LogP contribution is -2.47. The van der Waals surface area contributed by atoms with Crippen LogP contribution < -0.4 is 0 Å². The van der Waals surface area contributed by atoms with Gasteiger partial charge < -0.3 is 4.90 Å². The highest BCUT2D eigenvalue weighted by Gasteiger charge is 2.31. The molecule has 21 heavy (non-hydrogen) atoms. The van der Waals surface area contributed by atoms with E-state index in [1.807, 2.05) is 0 Å². The Labute approximate surface area is 131 Å². The van der Waals surface area contributed by atoms with Gasteiger partial charge >= 0.3 is 0 Å². The number of hydrogen-bond donors (Lipinski definition) is 0. The van der Waals surface area contributed by atoms with Crippen molar-refractivity contribution in [1.82, 2.24) is 9.80 Å². The lowest BCUT2D eigenvalue weighted by Gasteiger charge is -2.37. The van der Waals surface area contributed by atoms with Crippen molar-refractivity contribution in [1.29, 1.82) is 0 Å². The second kappa shape index (κ2) is 6.93. The number of amides is 1. The molecular weight excluding hydrogens is 280 g/mol. The van der Waals surface area contributed by atoms with Crippen LogP contribution in [0.15, 0.2) is 16.8 Å². The maximum atomic E-state index is 12.7. The Balaban J connectivity index is 1.63. The normalized spacial score (nSPS) is 27.2. The molecule has 3 heterocycles. The van der Waals surface area contributed by atoms with Crippen LogP contribution in [0.25, 0.3) is 0 Å². The van der Waals surface area contributed by atoms with E-state index in [1.165, 1.54) is 37.7 Å². The highest BCUT2D eigenvalue weighted by molar-refractivity contribution is 7.07. The van der Waals surface area contributed by atoms with Crippen molar-refractivity contribution in [2.45, 2.75) is 57.5 Å². The summed E-state index contributed by atoms with van der Waals surface area (Å²) < 4.78 is 0. The van der Waals surface area contributed by atoms with E-state index in [0.29, 0.717) is 24.5 Å². The monoisotopic (exact) mass is 306 g/mol. The molecule has 0 unspecified atom stereocenters. The van der Waals surface area contributed by atoms with Gasteiger partial charge in [0.05, 0.1) is 6.54 Å². The predicted molar refractivity (Wildman–Crippen MR) is 87.5 cm³/mol. The van der Waals surface area contributed by atoms with Crippen LogP contribution in [0.5, 0.6) is 0 Å². The number of thiophene rings is 1. The Bertz CT molecular complexity index is 459. The van der Waals surface area contributed by atoms with Gasteiger partial charge in [0.1, 0.15) is 0 Å². The van der Waals surface area contributed by atoms with Gasteiger partial charge in [-0.25, -0.2) is 0 Å². The summed E-state index contributed by atoms with van der Waals surface area (Å²) >= 11 is 1.76. The summed E-state index contributed by atoms with van der Waals surface area (Å²) in [4.78, 5) is 17.3. The molecule has 1 aromatic rings. The highest BCUT2D eigenvalue weighted by atomic mass is 32.1. The van der Waals surface area contributed by atoms with E-state index < -0.39 is 0 Å². The first-order chi connectivity index (χ1) is 10.3. The zero-order valence-electron chi connectivity index (χ0n) is 13.0. The molecule has 3 rings (SSSR count). The largest absolute Gasteiger partial charge is 0.339 e. The summed E-state index contributed by atoms with van der Waals surface area (Å²) in [5.41, 5.74) is 1.40. The van der Waals surface area contributed by atoms with Crippen LogP contribution in [-0.2, 0) is 4.79 Å². The minimum atomic E-state index is 0.351. The maximum Gasteiger partial charge on any atom is 0.237 e. The molecule has 0 radical (unpaired) electrons. The van der Waals surface area contributed by atoms with Crippen LogP contribution >= 0.6 is 11.3 Å². The summed E-state index contributed by atoms with van der Waals surface area (Å²) in [5.74, 6) is 0.351. The van der Waals surface area contributed by atoms with Gasteiger partial charge in [-0.05, 0) is 67.5 Å². The van der Waals surface area contributed by atoms with Crippen molar-refractivity contribution in [3.8, 4) is 0 Å². The lowest BCUT2D eigenvalue weighted by atomic mass is 10.00. The second-order valence-corrected chi connectivity index (χ2v) is 7.11. The lowest BCUT2D eigenvalue weighted by molar-refractivity contribution is -0.136. The quantitative estimate of drug-likeness (QED) is 0.847. The number of nitrogens with zero attached hydrogens (tertiary/aromatic N) is 2. The number of likely N-dealkylation sites (tertiary alicyclic amines) is 2. The van der Waals surface area contributed by atoms with Crippen LogP contribution in [0.1, 0.15) is 57.1 Å². The molecular formula is C17H26N2OS. The molecule has 0 aromatic carbocycles. The molecule has 1 amide bonds. The molecule has 0 spiro atoms. The van der Waals surface area contributed by atoms with Crippen molar-refractivity contribution in [2.24, 2.45) is 0 Å². The van der Waals surface area contributed by atoms with Gasteiger partial charge in [0.15, 0.2) is 0 Å². The molecule has 3 nitrogen and oxygen atoms in total. The van der Waals surface area contributed by atoms with Gasteiger partial charge in [0.2, 0.25) is 5.91 Å². The molecule has 2 aliphatic heterocycles. The van der Waals surface area contributed by atoms with Crippen molar-refractivity contribution >= 4 is 17.2 Å². The van der Waals surface area contributed by atoms with Gasteiger partial charge in [-0.1, -0.05) is 6.92 Å². The van der Waals surface area contributed by atoms with E-state index in [2.05, 4.69) is 33.6 Å². The van der Waals surface area contributed by atoms with Crippen molar-refractivity contribution in [3.63, 3.8) is 0 Å². The Morgan fingerprint density at radius 2 is 2.19 bits per heavy atom. The van der Waals surface area contributed by atoms with Crippen LogP contribution in [0.3, 0.4) is 0 Å². The molecule has 2 fully saturated rings. The van der Waals surface area contributed by atoms with Crippen LogP contribution in [0.4, 0.5) is 0 Å². The van der Waals surface area contributed by atoms with Gasteiger partial charge in [-0.15, -0.1) is 0 Å². The highest BCUT2D eigenvalue weighted by Crippen LogP contribution is 2.33. The van der Waals surface area contributed by atoms with Crippen LogP contribution in [0.2, 0.25) is 0 Å². The molecule has 2 saturated heterocycles. The van der Waals surface area contributed by atoms with E-state index in [1.54, 1.807) is 11.3 Å². The Morgan fingerprint density at radius 3 is 2.95 bits per heavy atom. The fourth-order valence-corrected chi connectivity index (χ4v) is 4.58. The first-order valence-electron chi connectivity index (χ1n) is 8.35. The fourth-order valence-electron chi connectivity index (χ4n) is 3.88.